The van der Waals surface area contributed by atoms with E-state index >= 15 is 0 Å². The van der Waals surface area contributed by atoms with E-state index in [9.17, 15) is 39.0 Å². The SMILES string of the molecule is CCCCCCC(=O)c1ccc(O)c(CC(=O)OC)c1.CCCCCCC(=O)c1ccc2c(c1)CC(=O)O2.COC(=O)Cc1ccccc1O.O=C(O)Cc1ccccc1O. The molecule has 0 atom stereocenters. The minimum Gasteiger partial charge on any atom is -0.508 e. The van der Waals surface area contributed by atoms with E-state index in [0.29, 0.717) is 46.4 Å². The van der Waals surface area contributed by atoms with E-state index < -0.39 is 11.9 Å². The summed E-state index contributed by atoms with van der Waals surface area (Å²) in [6.07, 6.45) is 9.93. The van der Waals surface area contributed by atoms with Crippen LogP contribution in [0.4, 0.5) is 0 Å². The predicted molar refractivity (Wildman–Crippen MR) is 229 cm³/mol. The highest BCUT2D eigenvalue weighted by Crippen LogP contribution is 2.27. The van der Waals surface area contributed by atoms with Crippen molar-refractivity contribution in [1.29, 1.82) is 0 Å². The van der Waals surface area contributed by atoms with E-state index in [1.807, 2.05) is 0 Å². The van der Waals surface area contributed by atoms with Crippen LogP contribution in [-0.4, -0.2) is 70.1 Å². The molecule has 0 saturated heterocycles. The van der Waals surface area contributed by atoms with Crippen molar-refractivity contribution in [2.45, 2.75) is 104 Å². The number of benzene rings is 4. The quantitative estimate of drug-likeness (QED) is 0.0320. The van der Waals surface area contributed by atoms with Crippen molar-refractivity contribution in [3.05, 3.63) is 118 Å². The summed E-state index contributed by atoms with van der Waals surface area (Å²) < 4.78 is 14.0. The van der Waals surface area contributed by atoms with Gasteiger partial charge >= 0.3 is 23.9 Å². The third-order valence-corrected chi connectivity index (χ3v) is 9.31. The number of carboxylic acid groups (broad SMARTS) is 1. The van der Waals surface area contributed by atoms with Crippen molar-refractivity contribution >= 4 is 35.4 Å². The minimum absolute atomic E-state index is 0.0120. The number of ether oxygens (including phenoxy) is 3. The Bertz CT molecular complexity index is 2050. The molecule has 61 heavy (non-hydrogen) atoms. The van der Waals surface area contributed by atoms with Gasteiger partial charge in [-0.05, 0) is 61.4 Å². The lowest BCUT2D eigenvalue weighted by Crippen LogP contribution is -2.06. The summed E-state index contributed by atoms with van der Waals surface area (Å²) in [5, 5.41) is 36.4. The number of ketones is 2. The number of carbonyl (C=O) groups is 6. The van der Waals surface area contributed by atoms with Gasteiger partial charge in [-0.15, -0.1) is 0 Å². The second kappa shape index (κ2) is 28.1. The van der Waals surface area contributed by atoms with Crippen LogP contribution < -0.4 is 4.74 Å². The summed E-state index contributed by atoms with van der Waals surface area (Å²) in [5.41, 5.74) is 3.53. The molecule has 1 aliphatic rings. The molecule has 4 aromatic rings. The fourth-order valence-electron chi connectivity index (χ4n) is 5.86. The zero-order valence-corrected chi connectivity index (χ0v) is 35.4. The van der Waals surface area contributed by atoms with Crippen LogP contribution in [0.25, 0.3) is 0 Å². The number of esters is 3. The van der Waals surface area contributed by atoms with Gasteiger partial charge < -0.3 is 34.6 Å². The van der Waals surface area contributed by atoms with Crippen molar-refractivity contribution < 1.29 is 63.4 Å². The van der Waals surface area contributed by atoms with Gasteiger partial charge in [0.2, 0.25) is 0 Å². The maximum atomic E-state index is 12.0. The molecule has 0 bridgehead atoms. The molecule has 13 nitrogen and oxygen atoms in total. The van der Waals surface area contributed by atoms with Crippen LogP contribution in [0, 0.1) is 0 Å². The number of methoxy groups -OCH3 is 2. The van der Waals surface area contributed by atoms with Gasteiger partial charge in [-0.2, -0.15) is 0 Å². The zero-order chi connectivity index (χ0) is 45.2. The lowest BCUT2D eigenvalue weighted by molar-refractivity contribution is -0.140. The topological polar surface area (TPSA) is 211 Å². The summed E-state index contributed by atoms with van der Waals surface area (Å²) in [7, 11) is 2.62. The Balaban J connectivity index is 0.000000288. The number of unbranched alkanes of at least 4 members (excludes halogenated alkanes) is 6. The summed E-state index contributed by atoms with van der Waals surface area (Å²) >= 11 is 0. The lowest BCUT2D eigenvalue weighted by Gasteiger charge is -2.07. The Kier molecular flexibility index (Phi) is 23.3. The molecule has 13 heteroatoms. The van der Waals surface area contributed by atoms with Gasteiger partial charge in [-0.25, -0.2) is 0 Å². The van der Waals surface area contributed by atoms with Crippen LogP contribution in [0.1, 0.15) is 121 Å². The normalized spacial score (nSPS) is 10.9. The van der Waals surface area contributed by atoms with E-state index in [0.717, 1.165) is 44.1 Å². The number of hydrogen-bond donors (Lipinski definition) is 4. The van der Waals surface area contributed by atoms with E-state index in [-0.39, 0.29) is 66.4 Å². The number of fused-ring (bicyclic) bond motifs is 1. The standard InChI is InChI=1S/C16H22O4.C15H18O3.C9H10O3.C8H8O3/c1-3-4-5-6-7-14(17)12-8-9-15(18)13(10-12)11-16(19)20-2;1-2-3-4-5-6-13(16)11-7-8-14-12(9-11)10-15(17)18-14;1-12-9(11)6-7-4-2-3-5-8(7)10;9-7-4-2-1-3-6(7)5-8(10)11/h8-10,18H,3-7,11H2,1-2H3;7-9H,2-6,10H2,1H3;2-5,10H,6H2,1H3;1-4,9H,5H2,(H,10,11). The number of Topliss-reactive ketones (excluding diaryl/α,β-unsaturated/α-hetero) is 2. The predicted octanol–water partition coefficient (Wildman–Crippen LogP) is 8.69. The first-order chi connectivity index (χ1) is 29.2. The molecule has 0 radical (unpaired) electrons. The van der Waals surface area contributed by atoms with Crippen molar-refractivity contribution in [3.8, 4) is 23.0 Å². The van der Waals surface area contributed by atoms with Gasteiger partial charge in [0.1, 0.15) is 23.0 Å². The molecular weight excluding hydrogens is 785 g/mol. The molecule has 0 spiro atoms. The third kappa shape index (κ3) is 19.4. The first kappa shape index (κ1) is 50.6. The van der Waals surface area contributed by atoms with Crippen LogP contribution in [0.3, 0.4) is 0 Å². The molecule has 4 N–H and O–H groups in total. The Hall–Kier alpha value is -6.50. The molecule has 1 aliphatic heterocycles. The van der Waals surface area contributed by atoms with Crippen LogP contribution >= 0.6 is 0 Å². The van der Waals surface area contributed by atoms with Crippen LogP contribution in [-0.2, 0) is 54.3 Å². The highest BCUT2D eigenvalue weighted by Gasteiger charge is 2.21. The number of phenolic OH excluding ortho intramolecular Hbond substituents is 3. The largest absolute Gasteiger partial charge is 0.508 e. The number of carboxylic acids is 1. The summed E-state index contributed by atoms with van der Waals surface area (Å²) in [5.74, 6) is -0.980. The van der Waals surface area contributed by atoms with Gasteiger partial charge in [-0.1, -0.05) is 88.8 Å². The van der Waals surface area contributed by atoms with Gasteiger partial charge in [0.05, 0.1) is 39.9 Å². The Morgan fingerprint density at radius 2 is 1.03 bits per heavy atom. The van der Waals surface area contributed by atoms with E-state index in [2.05, 4.69) is 23.3 Å². The molecular formula is C48H58O13. The Morgan fingerprint density at radius 3 is 1.52 bits per heavy atom. The Labute approximate surface area is 357 Å². The first-order valence-corrected chi connectivity index (χ1v) is 20.3. The molecule has 0 saturated carbocycles. The maximum Gasteiger partial charge on any atom is 0.315 e. The fraction of sp³-hybridized carbons (Fsp3) is 0.375. The van der Waals surface area contributed by atoms with Gasteiger partial charge in [-0.3, -0.25) is 28.8 Å². The smallest absolute Gasteiger partial charge is 0.315 e. The number of carbonyl (C=O) groups excluding carboxylic acids is 5. The van der Waals surface area contributed by atoms with Crippen LogP contribution in [0.2, 0.25) is 0 Å². The minimum atomic E-state index is -0.938. The molecule has 0 fully saturated rings. The van der Waals surface area contributed by atoms with E-state index in [4.69, 9.17) is 14.9 Å². The van der Waals surface area contributed by atoms with Crippen molar-refractivity contribution in [2.75, 3.05) is 14.2 Å². The van der Waals surface area contributed by atoms with E-state index in [1.165, 1.54) is 45.3 Å². The van der Waals surface area contributed by atoms with Crippen molar-refractivity contribution in [3.63, 3.8) is 0 Å². The van der Waals surface area contributed by atoms with Crippen LogP contribution in [0.15, 0.2) is 84.9 Å². The second-order valence-corrected chi connectivity index (χ2v) is 14.1. The highest BCUT2D eigenvalue weighted by atomic mass is 16.5. The number of hydrogen-bond acceptors (Lipinski definition) is 12. The van der Waals surface area contributed by atoms with E-state index in [1.54, 1.807) is 66.7 Å². The number of rotatable bonds is 18. The van der Waals surface area contributed by atoms with Gasteiger partial charge in [0, 0.05) is 46.2 Å². The fourth-order valence-corrected chi connectivity index (χ4v) is 5.86. The molecule has 4 aromatic carbocycles. The highest BCUT2D eigenvalue weighted by molar-refractivity contribution is 5.97. The molecule has 1 heterocycles. The average Bonchev–Trinajstić information content (AvgIpc) is 3.63. The number of phenols is 3. The van der Waals surface area contributed by atoms with Gasteiger partial charge in [0.15, 0.2) is 11.6 Å². The average molecular weight is 843 g/mol. The number of aromatic hydroxyl groups is 3. The second-order valence-electron chi connectivity index (χ2n) is 14.1. The maximum absolute atomic E-state index is 12.0. The summed E-state index contributed by atoms with van der Waals surface area (Å²) in [4.78, 5) is 67.4. The van der Waals surface area contributed by atoms with Crippen molar-refractivity contribution in [2.24, 2.45) is 0 Å². The summed E-state index contributed by atoms with van der Waals surface area (Å²) in [6.45, 7) is 4.28. The first-order valence-electron chi connectivity index (χ1n) is 20.3. The molecule has 328 valence electrons. The molecule has 0 unspecified atom stereocenters. The zero-order valence-electron chi connectivity index (χ0n) is 35.4. The number of para-hydroxylation sites is 2. The molecule has 0 aliphatic carbocycles. The summed E-state index contributed by atoms with van der Waals surface area (Å²) in [6, 6.07) is 23.0. The monoisotopic (exact) mass is 842 g/mol. The Morgan fingerprint density at radius 1 is 0.574 bits per heavy atom. The molecule has 0 aromatic heterocycles. The molecule has 0 amide bonds. The van der Waals surface area contributed by atoms with Gasteiger partial charge in [0.25, 0.3) is 0 Å². The number of aliphatic carboxylic acids is 1. The third-order valence-electron chi connectivity index (χ3n) is 9.31. The van der Waals surface area contributed by atoms with Crippen LogP contribution in [0.5, 0.6) is 23.0 Å². The lowest BCUT2D eigenvalue weighted by atomic mass is 10.0. The van der Waals surface area contributed by atoms with Crippen molar-refractivity contribution in [1.82, 2.24) is 0 Å². The molecule has 5 rings (SSSR count).